The zero-order valence-corrected chi connectivity index (χ0v) is 13.0. The summed E-state index contributed by atoms with van der Waals surface area (Å²) in [5.74, 6) is 0.622. The second kappa shape index (κ2) is 5.43. The molecule has 1 amide bonds. The number of para-hydroxylation sites is 1. The molecule has 114 valence electrons. The molecule has 1 aromatic rings. The Hall–Kier alpha value is -1.39. The van der Waals surface area contributed by atoms with Gasteiger partial charge in [-0.05, 0) is 25.6 Å². The third-order valence-corrected chi connectivity index (χ3v) is 4.96. The van der Waals surface area contributed by atoms with Gasteiger partial charge in [0, 0.05) is 29.7 Å². The Morgan fingerprint density at radius 2 is 2.10 bits per heavy atom. The Bertz CT molecular complexity index is 515. The molecule has 0 aromatic heterocycles. The summed E-state index contributed by atoms with van der Waals surface area (Å²) < 4.78 is 5.82. The number of hydrogen-bond acceptors (Lipinski definition) is 3. The summed E-state index contributed by atoms with van der Waals surface area (Å²) in [5.41, 5.74) is 0.981. The minimum absolute atomic E-state index is 0.0434. The SMILES string of the molecule is CN(CC(=O)Nc1ccccc1)[C@@H]1[C@H]2CCO[C@@H]2C1(C)C. The van der Waals surface area contributed by atoms with Gasteiger partial charge in [-0.25, -0.2) is 0 Å². The molecule has 4 nitrogen and oxygen atoms in total. The fourth-order valence-corrected chi connectivity index (χ4v) is 4.24. The summed E-state index contributed by atoms with van der Waals surface area (Å²) >= 11 is 0. The number of likely N-dealkylation sites (N-methyl/N-ethyl adjacent to an activating group) is 1. The molecule has 2 aliphatic rings. The van der Waals surface area contributed by atoms with Crippen molar-refractivity contribution in [2.24, 2.45) is 11.3 Å². The maximum atomic E-state index is 12.2. The first kappa shape index (κ1) is 14.5. The monoisotopic (exact) mass is 288 g/mol. The van der Waals surface area contributed by atoms with Gasteiger partial charge in [-0.1, -0.05) is 32.0 Å². The molecule has 3 atom stereocenters. The summed E-state index contributed by atoms with van der Waals surface area (Å²) in [5, 5.41) is 2.95. The van der Waals surface area contributed by atoms with E-state index in [1.165, 1.54) is 0 Å². The van der Waals surface area contributed by atoms with Gasteiger partial charge in [0.05, 0.1) is 12.6 Å². The number of rotatable bonds is 4. The van der Waals surface area contributed by atoms with E-state index < -0.39 is 0 Å². The Kier molecular flexibility index (Phi) is 3.76. The summed E-state index contributed by atoms with van der Waals surface area (Å²) in [6, 6.07) is 10.0. The van der Waals surface area contributed by atoms with Crippen molar-refractivity contribution >= 4 is 11.6 Å². The molecule has 0 unspecified atom stereocenters. The molecule has 1 heterocycles. The van der Waals surface area contributed by atoms with Crippen LogP contribution in [0.5, 0.6) is 0 Å². The first-order valence-corrected chi connectivity index (χ1v) is 7.67. The Labute approximate surface area is 126 Å². The van der Waals surface area contributed by atoms with Crippen LogP contribution in [0.3, 0.4) is 0 Å². The standard InChI is InChI=1S/C17H24N2O2/c1-17(2)15(13-9-10-21-16(13)17)19(3)11-14(20)18-12-7-5-4-6-8-12/h4-8,13,15-16H,9-11H2,1-3H3,(H,18,20)/t13-,15-,16+/m1/s1. The highest BCUT2D eigenvalue weighted by Gasteiger charge is 2.60. The fourth-order valence-electron chi connectivity index (χ4n) is 4.24. The highest BCUT2D eigenvalue weighted by molar-refractivity contribution is 5.92. The van der Waals surface area contributed by atoms with Crippen molar-refractivity contribution in [1.82, 2.24) is 4.90 Å². The molecule has 0 spiro atoms. The van der Waals surface area contributed by atoms with E-state index in [9.17, 15) is 4.79 Å². The van der Waals surface area contributed by atoms with Crippen LogP contribution in [0, 0.1) is 11.3 Å². The molecule has 1 N–H and O–H groups in total. The maximum Gasteiger partial charge on any atom is 0.238 e. The largest absolute Gasteiger partial charge is 0.377 e. The molecule has 0 radical (unpaired) electrons. The van der Waals surface area contributed by atoms with E-state index >= 15 is 0 Å². The van der Waals surface area contributed by atoms with Crippen molar-refractivity contribution in [3.63, 3.8) is 0 Å². The van der Waals surface area contributed by atoms with Gasteiger partial charge in [0.2, 0.25) is 5.91 Å². The first-order valence-electron chi connectivity index (χ1n) is 7.67. The molecule has 1 aromatic carbocycles. The van der Waals surface area contributed by atoms with Gasteiger partial charge in [0.25, 0.3) is 0 Å². The summed E-state index contributed by atoms with van der Waals surface area (Å²) in [6.45, 7) is 5.77. The van der Waals surface area contributed by atoms with Crippen LogP contribution in [0.1, 0.15) is 20.3 Å². The van der Waals surface area contributed by atoms with Crippen LogP contribution in [-0.2, 0) is 9.53 Å². The van der Waals surface area contributed by atoms with Gasteiger partial charge in [-0.3, -0.25) is 9.69 Å². The van der Waals surface area contributed by atoms with E-state index in [-0.39, 0.29) is 11.3 Å². The Balaban J connectivity index is 1.59. The summed E-state index contributed by atoms with van der Waals surface area (Å²) in [4.78, 5) is 14.4. The lowest BCUT2D eigenvalue weighted by molar-refractivity contribution is -0.152. The van der Waals surface area contributed by atoms with Crippen LogP contribution in [0.4, 0.5) is 5.69 Å². The van der Waals surface area contributed by atoms with E-state index in [1.54, 1.807) is 0 Å². The number of carbonyl (C=O) groups excluding carboxylic acids is 1. The van der Waals surface area contributed by atoms with Gasteiger partial charge < -0.3 is 10.1 Å². The zero-order valence-electron chi connectivity index (χ0n) is 13.0. The molecule has 1 saturated carbocycles. The summed E-state index contributed by atoms with van der Waals surface area (Å²) in [7, 11) is 2.05. The van der Waals surface area contributed by atoms with Gasteiger partial charge in [-0.15, -0.1) is 0 Å². The predicted octanol–water partition coefficient (Wildman–Crippen LogP) is 2.37. The van der Waals surface area contributed by atoms with E-state index in [0.29, 0.717) is 24.6 Å². The molecular weight excluding hydrogens is 264 g/mol. The average Bonchev–Trinajstić information content (AvgIpc) is 2.85. The highest BCUT2D eigenvalue weighted by atomic mass is 16.5. The number of fused-ring (bicyclic) bond motifs is 1. The molecule has 21 heavy (non-hydrogen) atoms. The smallest absolute Gasteiger partial charge is 0.238 e. The van der Waals surface area contributed by atoms with E-state index in [0.717, 1.165) is 18.7 Å². The molecule has 1 aliphatic carbocycles. The van der Waals surface area contributed by atoms with Crippen LogP contribution in [0.15, 0.2) is 30.3 Å². The number of nitrogens with zero attached hydrogens (tertiary/aromatic N) is 1. The van der Waals surface area contributed by atoms with Crippen molar-refractivity contribution in [1.29, 1.82) is 0 Å². The van der Waals surface area contributed by atoms with Gasteiger partial charge in [0.1, 0.15) is 0 Å². The van der Waals surface area contributed by atoms with E-state index in [2.05, 4.69) is 24.1 Å². The zero-order chi connectivity index (χ0) is 15.0. The van der Waals surface area contributed by atoms with Crippen LogP contribution in [0.25, 0.3) is 0 Å². The van der Waals surface area contributed by atoms with Crippen molar-refractivity contribution < 1.29 is 9.53 Å². The maximum absolute atomic E-state index is 12.2. The lowest BCUT2D eigenvalue weighted by Gasteiger charge is -2.57. The van der Waals surface area contributed by atoms with Gasteiger partial charge >= 0.3 is 0 Å². The highest BCUT2D eigenvalue weighted by Crippen LogP contribution is 2.54. The van der Waals surface area contributed by atoms with Crippen LogP contribution in [-0.4, -0.2) is 43.2 Å². The minimum Gasteiger partial charge on any atom is -0.377 e. The summed E-state index contributed by atoms with van der Waals surface area (Å²) in [6.07, 6.45) is 1.48. The van der Waals surface area contributed by atoms with Crippen molar-refractivity contribution in [2.45, 2.75) is 32.4 Å². The molecule has 4 heteroatoms. The minimum atomic E-state index is 0.0434. The number of anilines is 1. The van der Waals surface area contributed by atoms with Gasteiger partial charge in [0.15, 0.2) is 0 Å². The van der Waals surface area contributed by atoms with Crippen molar-refractivity contribution in [2.75, 3.05) is 25.5 Å². The number of nitrogens with one attached hydrogen (secondary N) is 1. The lowest BCUT2D eigenvalue weighted by Crippen LogP contribution is -2.66. The number of amides is 1. The van der Waals surface area contributed by atoms with Crippen molar-refractivity contribution in [3.8, 4) is 0 Å². The fraction of sp³-hybridized carbons (Fsp3) is 0.588. The first-order chi connectivity index (χ1) is 10.00. The molecule has 1 aliphatic heterocycles. The molecule has 3 rings (SSSR count). The average molecular weight is 288 g/mol. The third kappa shape index (κ3) is 2.58. The van der Waals surface area contributed by atoms with Crippen LogP contribution >= 0.6 is 0 Å². The number of carbonyl (C=O) groups is 1. The second-order valence-corrected chi connectivity index (χ2v) is 6.84. The quantitative estimate of drug-likeness (QED) is 0.925. The third-order valence-electron chi connectivity index (χ3n) is 4.96. The number of ether oxygens (including phenoxy) is 1. The van der Waals surface area contributed by atoms with Crippen molar-refractivity contribution in [3.05, 3.63) is 30.3 Å². The van der Waals surface area contributed by atoms with E-state index in [4.69, 9.17) is 4.74 Å². The van der Waals surface area contributed by atoms with Crippen LogP contribution in [0.2, 0.25) is 0 Å². The lowest BCUT2D eigenvalue weighted by atomic mass is 9.57. The normalized spacial score (nSPS) is 29.8. The second-order valence-electron chi connectivity index (χ2n) is 6.84. The Morgan fingerprint density at radius 3 is 2.81 bits per heavy atom. The molecule has 2 fully saturated rings. The molecule has 0 bridgehead atoms. The molecular formula is C17H24N2O2. The molecule has 1 saturated heterocycles. The predicted molar refractivity (Wildman–Crippen MR) is 83.1 cm³/mol. The van der Waals surface area contributed by atoms with Gasteiger partial charge in [-0.2, -0.15) is 0 Å². The topological polar surface area (TPSA) is 41.6 Å². The number of hydrogen-bond donors (Lipinski definition) is 1. The van der Waals surface area contributed by atoms with E-state index in [1.807, 2.05) is 37.4 Å². The number of benzene rings is 1. The Morgan fingerprint density at radius 1 is 1.38 bits per heavy atom. The van der Waals surface area contributed by atoms with Crippen LogP contribution < -0.4 is 5.32 Å².